The molecule has 0 radical (unpaired) electrons. The maximum absolute atomic E-state index is 12.0. The highest BCUT2D eigenvalue weighted by Crippen LogP contribution is 2.32. The van der Waals surface area contributed by atoms with E-state index in [-0.39, 0.29) is 5.91 Å². The average molecular weight is 374 g/mol. The van der Waals surface area contributed by atoms with E-state index in [1.54, 1.807) is 0 Å². The number of carbonyl (C=O) groups is 1. The first kappa shape index (κ1) is 19.3. The lowest BCUT2D eigenvalue weighted by molar-refractivity contribution is -0.121. The standard InChI is InChI=1S/C20H30N4O3/c1-2-21-20(23-12-10-19(25)24-16-5-3-4-6-16)22-11-9-15-7-8-17-18(13-15)27-14-26-17/h7-8,13,16H,2-6,9-12,14H2,1H3,(H,24,25)(H2,21,22,23). The molecule has 0 saturated heterocycles. The molecule has 1 aromatic carbocycles. The molecule has 0 unspecified atom stereocenters. The van der Waals surface area contributed by atoms with Gasteiger partial charge in [-0.05, 0) is 43.9 Å². The number of benzene rings is 1. The van der Waals surface area contributed by atoms with Gasteiger partial charge in [0.1, 0.15) is 0 Å². The summed E-state index contributed by atoms with van der Waals surface area (Å²) in [5, 5.41) is 9.64. The Bertz CT molecular complexity index is 657. The van der Waals surface area contributed by atoms with Gasteiger partial charge in [0.25, 0.3) is 0 Å². The van der Waals surface area contributed by atoms with Crippen molar-refractivity contribution in [1.29, 1.82) is 0 Å². The highest BCUT2D eigenvalue weighted by Gasteiger charge is 2.16. The maximum Gasteiger partial charge on any atom is 0.231 e. The Balaban J connectivity index is 1.39. The molecule has 27 heavy (non-hydrogen) atoms. The van der Waals surface area contributed by atoms with Crippen molar-refractivity contribution >= 4 is 11.9 Å². The average Bonchev–Trinajstić information content (AvgIpc) is 3.33. The van der Waals surface area contributed by atoms with Gasteiger partial charge in [0.2, 0.25) is 12.7 Å². The number of aliphatic imine (C=N–C) groups is 1. The number of amides is 1. The van der Waals surface area contributed by atoms with Crippen LogP contribution in [0.1, 0.15) is 44.6 Å². The van der Waals surface area contributed by atoms with Gasteiger partial charge in [-0.25, -0.2) is 0 Å². The zero-order valence-electron chi connectivity index (χ0n) is 16.1. The summed E-state index contributed by atoms with van der Waals surface area (Å²) in [6.07, 6.45) is 5.94. The Morgan fingerprint density at radius 3 is 2.81 bits per heavy atom. The summed E-state index contributed by atoms with van der Waals surface area (Å²) < 4.78 is 10.7. The fourth-order valence-electron chi connectivity index (χ4n) is 3.40. The van der Waals surface area contributed by atoms with E-state index in [9.17, 15) is 4.79 Å². The highest BCUT2D eigenvalue weighted by atomic mass is 16.7. The van der Waals surface area contributed by atoms with Crippen LogP contribution in [0.25, 0.3) is 0 Å². The van der Waals surface area contributed by atoms with Gasteiger partial charge in [-0.2, -0.15) is 0 Å². The molecule has 3 N–H and O–H groups in total. The number of nitrogens with zero attached hydrogens (tertiary/aromatic N) is 1. The molecular weight excluding hydrogens is 344 g/mol. The van der Waals surface area contributed by atoms with Crippen molar-refractivity contribution in [2.24, 2.45) is 4.99 Å². The van der Waals surface area contributed by atoms with Crippen molar-refractivity contribution < 1.29 is 14.3 Å². The third kappa shape index (κ3) is 6.05. The minimum absolute atomic E-state index is 0.0989. The van der Waals surface area contributed by atoms with Gasteiger partial charge in [0, 0.05) is 25.6 Å². The first-order chi connectivity index (χ1) is 13.2. The van der Waals surface area contributed by atoms with E-state index in [2.05, 4.69) is 20.9 Å². The summed E-state index contributed by atoms with van der Waals surface area (Å²) in [5.41, 5.74) is 1.18. The normalized spacial score (nSPS) is 16.4. The molecule has 0 spiro atoms. The quantitative estimate of drug-likeness (QED) is 0.479. The molecule has 7 heteroatoms. The Hall–Kier alpha value is -2.44. The van der Waals surface area contributed by atoms with Gasteiger partial charge in [0.05, 0.1) is 6.54 Å². The number of hydrogen-bond acceptors (Lipinski definition) is 4. The Kier molecular flexibility index (Phi) is 7.19. The molecule has 0 aromatic heterocycles. The first-order valence-corrected chi connectivity index (χ1v) is 9.94. The van der Waals surface area contributed by atoms with Crippen LogP contribution in [0.2, 0.25) is 0 Å². The molecule has 7 nitrogen and oxygen atoms in total. The molecule has 1 amide bonds. The molecule has 1 saturated carbocycles. The lowest BCUT2D eigenvalue weighted by atomic mass is 10.1. The maximum atomic E-state index is 12.0. The van der Waals surface area contributed by atoms with Crippen LogP contribution in [-0.4, -0.2) is 44.3 Å². The Morgan fingerprint density at radius 2 is 2.00 bits per heavy atom. The predicted molar refractivity (Wildman–Crippen MR) is 105 cm³/mol. The number of hydrogen-bond donors (Lipinski definition) is 3. The second-order valence-electron chi connectivity index (χ2n) is 6.92. The molecule has 1 aromatic rings. The van der Waals surface area contributed by atoms with Gasteiger partial charge in [0.15, 0.2) is 17.5 Å². The zero-order chi connectivity index (χ0) is 18.9. The topological polar surface area (TPSA) is 84.0 Å². The Labute approximate surface area is 160 Å². The zero-order valence-corrected chi connectivity index (χ0v) is 16.1. The van der Waals surface area contributed by atoms with Crippen molar-refractivity contribution in [2.75, 3.05) is 26.4 Å². The van der Waals surface area contributed by atoms with E-state index < -0.39 is 0 Å². The first-order valence-electron chi connectivity index (χ1n) is 9.94. The monoisotopic (exact) mass is 374 g/mol. The fraction of sp³-hybridized carbons (Fsp3) is 0.600. The lowest BCUT2D eigenvalue weighted by Crippen LogP contribution is -2.38. The summed E-state index contributed by atoms with van der Waals surface area (Å²) in [5.74, 6) is 2.45. The number of fused-ring (bicyclic) bond motifs is 1. The molecular formula is C20H30N4O3. The fourth-order valence-corrected chi connectivity index (χ4v) is 3.40. The van der Waals surface area contributed by atoms with Crippen molar-refractivity contribution in [3.63, 3.8) is 0 Å². The smallest absolute Gasteiger partial charge is 0.231 e. The summed E-state index contributed by atoms with van der Waals surface area (Å²) in [7, 11) is 0. The summed E-state index contributed by atoms with van der Waals surface area (Å²) >= 11 is 0. The van der Waals surface area contributed by atoms with E-state index in [0.717, 1.165) is 49.8 Å². The molecule has 0 bridgehead atoms. The van der Waals surface area contributed by atoms with Gasteiger partial charge in [-0.1, -0.05) is 18.9 Å². The van der Waals surface area contributed by atoms with Gasteiger partial charge in [-0.15, -0.1) is 0 Å². The number of carbonyl (C=O) groups excluding carboxylic acids is 1. The van der Waals surface area contributed by atoms with Crippen LogP contribution in [0.5, 0.6) is 11.5 Å². The summed E-state index contributed by atoms with van der Waals surface area (Å²) in [6, 6.07) is 6.38. The highest BCUT2D eigenvalue weighted by molar-refractivity contribution is 5.80. The van der Waals surface area contributed by atoms with Gasteiger partial charge >= 0.3 is 0 Å². The number of guanidine groups is 1. The molecule has 1 heterocycles. The SMILES string of the molecule is CCNC(=NCCC(=O)NC1CCCC1)NCCc1ccc2c(c1)OCO2. The van der Waals surface area contributed by atoms with Crippen LogP contribution in [0.4, 0.5) is 0 Å². The van der Waals surface area contributed by atoms with E-state index in [1.807, 2.05) is 25.1 Å². The molecule has 148 valence electrons. The van der Waals surface area contributed by atoms with E-state index >= 15 is 0 Å². The second kappa shape index (κ2) is 10.0. The van der Waals surface area contributed by atoms with Gasteiger partial charge < -0.3 is 25.4 Å². The van der Waals surface area contributed by atoms with E-state index in [4.69, 9.17) is 9.47 Å². The van der Waals surface area contributed by atoms with E-state index in [1.165, 1.54) is 18.4 Å². The number of nitrogens with one attached hydrogen (secondary N) is 3. The Morgan fingerprint density at radius 1 is 1.19 bits per heavy atom. The van der Waals surface area contributed by atoms with Gasteiger partial charge in [-0.3, -0.25) is 9.79 Å². The largest absolute Gasteiger partial charge is 0.454 e. The van der Waals surface area contributed by atoms with Crippen LogP contribution in [0.3, 0.4) is 0 Å². The molecule has 0 atom stereocenters. The number of rotatable bonds is 8. The van der Waals surface area contributed by atoms with Crippen molar-refractivity contribution in [3.05, 3.63) is 23.8 Å². The number of ether oxygens (including phenoxy) is 2. The minimum Gasteiger partial charge on any atom is -0.454 e. The minimum atomic E-state index is 0.0989. The molecule has 3 rings (SSSR count). The third-order valence-corrected chi connectivity index (χ3v) is 4.82. The molecule has 2 aliphatic rings. The van der Waals surface area contributed by atoms with Crippen molar-refractivity contribution in [1.82, 2.24) is 16.0 Å². The van der Waals surface area contributed by atoms with E-state index in [0.29, 0.717) is 25.8 Å². The van der Waals surface area contributed by atoms with Crippen LogP contribution in [0, 0.1) is 0 Å². The van der Waals surface area contributed by atoms with Crippen LogP contribution < -0.4 is 25.4 Å². The molecule has 1 fully saturated rings. The van der Waals surface area contributed by atoms with Crippen LogP contribution in [0.15, 0.2) is 23.2 Å². The lowest BCUT2D eigenvalue weighted by Gasteiger charge is -2.13. The van der Waals surface area contributed by atoms with Crippen LogP contribution >= 0.6 is 0 Å². The predicted octanol–water partition coefficient (Wildman–Crippen LogP) is 1.96. The summed E-state index contributed by atoms with van der Waals surface area (Å²) in [6.45, 7) is 4.34. The van der Waals surface area contributed by atoms with Crippen molar-refractivity contribution in [3.8, 4) is 11.5 Å². The third-order valence-electron chi connectivity index (χ3n) is 4.82. The van der Waals surface area contributed by atoms with Crippen LogP contribution in [-0.2, 0) is 11.2 Å². The van der Waals surface area contributed by atoms with Crippen molar-refractivity contribution in [2.45, 2.75) is 51.5 Å². The summed E-state index contributed by atoms with van der Waals surface area (Å²) in [4.78, 5) is 16.5. The molecule has 1 aliphatic carbocycles. The molecule has 1 aliphatic heterocycles. The second-order valence-corrected chi connectivity index (χ2v) is 6.92.